The zero-order chi connectivity index (χ0) is 13.0. The van der Waals surface area contributed by atoms with E-state index < -0.39 is 5.97 Å². The molecule has 0 aliphatic rings. The minimum atomic E-state index is -0.933. The summed E-state index contributed by atoms with van der Waals surface area (Å²) in [5.74, 6) is -0.0685. The Morgan fingerprint density at radius 2 is 2.06 bits per heavy atom. The summed E-state index contributed by atoms with van der Waals surface area (Å²) in [5, 5.41) is 8.89. The van der Waals surface area contributed by atoms with Gasteiger partial charge in [-0.1, -0.05) is 13.8 Å². The maximum absolute atomic E-state index is 10.8. The van der Waals surface area contributed by atoms with Crippen LogP contribution in [0.2, 0.25) is 0 Å². The van der Waals surface area contributed by atoms with E-state index in [-0.39, 0.29) is 5.56 Å². The van der Waals surface area contributed by atoms with Gasteiger partial charge in [-0.15, -0.1) is 0 Å². The van der Waals surface area contributed by atoms with E-state index >= 15 is 0 Å². The van der Waals surface area contributed by atoms with E-state index in [1.165, 1.54) is 6.20 Å². The SMILES string of the molecule is CCC(CC)N(C)c1ncc(C(=O)O)cc1C. The Labute approximate surface area is 102 Å². The molecule has 0 aliphatic heterocycles. The number of aromatic nitrogens is 1. The molecule has 1 N–H and O–H groups in total. The Hall–Kier alpha value is -1.58. The molecule has 0 aliphatic carbocycles. The molecule has 0 saturated carbocycles. The van der Waals surface area contributed by atoms with Crippen molar-refractivity contribution in [1.82, 2.24) is 4.98 Å². The van der Waals surface area contributed by atoms with Crippen molar-refractivity contribution < 1.29 is 9.90 Å². The van der Waals surface area contributed by atoms with Crippen molar-refractivity contribution in [2.75, 3.05) is 11.9 Å². The van der Waals surface area contributed by atoms with Gasteiger partial charge in [-0.3, -0.25) is 0 Å². The van der Waals surface area contributed by atoms with Crippen molar-refractivity contribution in [3.8, 4) is 0 Å². The van der Waals surface area contributed by atoms with Gasteiger partial charge < -0.3 is 10.0 Å². The number of carboxylic acid groups (broad SMARTS) is 1. The van der Waals surface area contributed by atoms with E-state index in [1.807, 2.05) is 14.0 Å². The van der Waals surface area contributed by atoms with Crippen LogP contribution < -0.4 is 4.90 Å². The van der Waals surface area contributed by atoms with Crippen molar-refractivity contribution in [3.63, 3.8) is 0 Å². The fraction of sp³-hybridized carbons (Fsp3) is 0.538. The zero-order valence-electron chi connectivity index (χ0n) is 10.9. The molecule has 4 nitrogen and oxygen atoms in total. The first-order valence-electron chi connectivity index (χ1n) is 5.94. The van der Waals surface area contributed by atoms with Crippen LogP contribution in [0.25, 0.3) is 0 Å². The summed E-state index contributed by atoms with van der Waals surface area (Å²) in [6.07, 6.45) is 3.52. The van der Waals surface area contributed by atoms with Crippen molar-refractivity contribution >= 4 is 11.8 Å². The Morgan fingerprint density at radius 3 is 2.47 bits per heavy atom. The summed E-state index contributed by atoms with van der Waals surface area (Å²) in [4.78, 5) is 17.2. The molecule has 0 saturated heterocycles. The molecule has 17 heavy (non-hydrogen) atoms. The molecule has 4 heteroatoms. The lowest BCUT2D eigenvalue weighted by Crippen LogP contribution is -2.31. The van der Waals surface area contributed by atoms with Gasteiger partial charge in [0.05, 0.1) is 5.56 Å². The quantitative estimate of drug-likeness (QED) is 0.854. The van der Waals surface area contributed by atoms with Crippen LogP contribution in [0.5, 0.6) is 0 Å². The average Bonchev–Trinajstić information content (AvgIpc) is 2.30. The van der Waals surface area contributed by atoms with E-state index in [0.717, 1.165) is 24.2 Å². The first-order chi connectivity index (χ1) is 8.01. The first kappa shape index (κ1) is 13.5. The number of aryl methyl sites for hydroxylation is 1. The van der Waals surface area contributed by atoms with Crippen LogP contribution in [0.1, 0.15) is 42.6 Å². The van der Waals surface area contributed by atoms with Crippen LogP contribution >= 0.6 is 0 Å². The van der Waals surface area contributed by atoms with Crippen LogP contribution in [0.15, 0.2) is 12.3 Å². The molecule has 1 aromatic heterocycles. The van der Waals surface area contributed by atoms with E-state index in [1.54, 1.807) is 6.07 Å². The number of carboxylic acids is 1. The highest BCUT2D eigenvalue weighted by molar-refractivity contribution is 5.87. The molecule has 1 aromatic rings. The summed E-state index contributed by atoms with van der Waals surface area (Å²) in [6.45, 7) is 6.19. The number of nitrogens with zero attached hydrogens (tertiary/aromatic N) is 2. The van der Waals surface area contributed by atoms with Crippen LogP contribution in [0.4, 0.5) is 5.82 Å². The summed E-state index contributed by atoms with van der Waals surface area (Å²) in [7, 11) is 2.01. The van der Waals surface area contributed by atoms with Gasteiger partial charge in [0, 0.05) is 19.3 Å². The molecule has 1 heterocycles. The topological polar surface area (TPSA) is 53.4 Å². The molecule has 0 fully saturated rings. The van der Waals surface area contributed by atoms with Crippen LogP contribution in [0, 0.1) is 6.92 Å². The molecule has 0 atom stereocenters. The molecule has 0 amide bonds. The van der Waals surface area contributed by atoms with Crippen LogP contribution in [0.3, 0.4) is 0 Å². The second-order valence-electron chi connectivity index (χ2n) is 4.25. The van der Waals surface area contributed by atoms with Gasteiger partial charge in [0.15, 0.2) is 0 Å². The number of carbonyl (C=O) groups is 1. The lowest BCUT2D eigenvalue weighted by atomic mass is 10.1. The lowest BCUT2D eigenvalue weighted by Gasteiger charge is -2.28. The standard InChI is InChI=1S/C13H20N2O2/c1-5-11(6-2)15(4)12-9(3)7-10(8-14-12)13(16)17/h7-8,11H,5-6H2,1-4H3,(H,16,17). The number of pyridine rings is 1. The summed E-state index contributed by atoms with van der Waals surface area (Å²) < 4.78 is 0. The Bertz CT molecular complexity index is 400. The fourth-order valence-electron chi connectivity index (χ4n) is 2.06. The van der Waals surface area contributed by atoms with Gasteiger partial charge in [0.1, 0.15) is 5.82 Å². The van der Waals surface area contributed by atoms with Crippen LogP contribution in [-0.2, 0) is 0 Å². The van der Waals surface area contributed by atoms with Gasteiger partial charge in [0.25, 0.3) is 0 Å². The smallest absolute Gasteiger partial charge is 0.337 e. The molecule has 0 bridgehead atoms. The Balaban J connectivity index is 3.03. The molecule has 0 spiro atoms. The molecule has 94 valence electrons. The minimum Gasteiger partial charge on any atom is -0.478 e. The second-order valence-corrected chi connectivity index (χ2v) is 4.25. The Kier molecular flexibility index (Phi) is 4.49. The number of rotatable bonds is 5. The van der Waals surface area contributed by atoms with Crippen molar-refractivity contribution in [2.45, 2.75) is 39.7 Å². The van der Waals surface area contributed by atoms with Gasteiger partial charge in [-0.25, -0.2) is 9.78 Å². The number of aromatic carboxylic acids is 1. The largest absolute Gasteiger partial charge is 0.478 e. The minimum absolute atomic E-state index is 0.240. The summed E-state index contributed by atoms with van der Waals surface area (Å²) in [6, 6.07) is 2.11. The summed E-state index contributed by atoms with van der Waals surface area (Å²) in [5.41, 5.74) is 1.14. The second kappa shape index (κ2) is 5.66. The van der Waals surface area contributed by atoms with E-state index in [9.17, 15) is 4.79 Å². The van der Waals surface area contributed by atoms with Crippen molar-refractivity contribution in [2.24, 2.45) is 0 Å². The van der Waals surface area contributed by atoms with E-state index in [0.29, 0.717) is 6.04 Å². The highest BCUT2D eigenvalue weighted by atomic mass is 16.4. The van der Waals surface area contributed by atoms with Crippen molar-refractivity contribution in [3.05, 3.63) is 23.4 Å². The molecular formula is C13H20N2O2. The third-order valence-electron chi connectivity index (χ3n) is 3.12. The average molecular weight is 236 g/mol. The van der Waals surface area contributed by atoms with Gasteiger partial charge in [-0.05, 0) is 31.4 Å². The Morgan fingerprint density at radius 1 is 1.47 bits per heavy atom. The fourth-order valence-corrected chi connectivity index (χ4v) is 2.06. The van der Waals surface area contributed by atoms with Crippen molar-refractivity contribution in [1.29, 1.82) is 0 Å². The monoisotopic (exact) mass is 236 g/mol. The van der Waals surface area contributed by atoms with Gasteiger partial charge in [-0.2, -0.15) is 0 Å². The molecule has 0 radical (unpaired) electrons. The van der Waals surface area contributed by atoms with Gasteiger partial charge >= 0.3 is 5.97 Å². The third kappa shape index (κ3) is 2.96. The third-order valence-corrected chi connectivity index (χ3v) is 3.12. The predicted molar refractivity (Wildman–Crippen MR) is 68.7 cm³/mol. The van der Waals surface area contributed by atoms with Crippen LogP contribution in [-0.4, -0.2) is 29.1 Å². The molecular weight excluding hydrogens is 216 g/mol. The molecule has 0 aromatic carbocycles. The number of hydrogen-bond donors (Lipinski definition) is 1. The highest BCUT2D eigenvalue weighted by Gasteiger charge is 2.15. The molecule has 1 rings (SSSR count). The zero-order valence-corrected chi connectivity index (χ0v) is 10.9. The summed E-state index contributed by atoms with van der Waals surface area (Å²) >= 11 is 0. The lowest BCUT2D eigenvalue weighted by molar-refractivity contribution is 0.0696. The maximum atomic E-state index is 10.8. The normalized spacial score (nSPS) is 10.6. The maximum Gasteiger partial charge on any atom is 0.337 e. The van der Waals surface area contributed by atoms with Gasteiger partial charge in [0.2, 0.25) is 0 Å². The number of anilines is 1. The van der Waals surface area contributed by atoms with E-state index in [2.05, 4.69) is 23.7 Å². The van der Waals surface area contributed by atoms with E-state index in [4.69, 9.17) is 5.11 Å². The highest BCUT2D eigenvalue weighted by Crippen LogP contribution is 2.21. The number of hydrogen-bond acceptors (Lipinski definition) is 3. The predicted octanol–water partition coefficient (Wildman–Crippen LogP) is 2.71. The first-order valence-corrected chi connectivity index (χ1v) is 5.94. The molecule has 0 unspecified atom stereocenters.